The van der Waals surface area contributed by atoms with Crippen LogP contribution in [0.25, 0.3) is 22.7 Å². The van der Waals surface area contributed by atoms with E-state index in [1.807, 2.05) is 13.0 Å². The Labute approximate surface area is 90.5 Å². The number of hydrogen-bond acceptors (Lipinski definition) is 5. The van der Waals surface area contributed by atoms with Crippen molar-refractivity contribution in [2.24, 2.45) is 0 Å². The monoisotopic (exact) mass is 215 g/mol. The first kappa shape index (κ1) is 8.90. The lowest BCUT2D eigenvalue weighted by atomic mass is 10.4. The molecular formula is C10H9N5O. The van der Waals surface area contributed by atoms with Gasteiger partial charge in [0.25, 0.3) is 0 Å². The Hall–Kier alpha value is -2.37. The Bertz CT molecular complexity index is 654. The minimum absolute atomic E-state index is 0.446. The van der Waals surface area contributed by atoms with Gasteiger partial charge in [-0.3, -0.25) is 0 Å². The zero-order chi connectivity index (χ0) is 11.1. The third kappa shape index (κ3) is 1.31. The average Bonchev–Trinajstić information content (AvgIpc) is 2.83. The van der Waals surface area contributed by atoms with Crippen LogP contribution in [0.2, 0.25) is 0 Å². The summed E-state index contributed by atoms with van der Waals surface area (Å²) in [6.07, 6.45) is 0. The van der Waals surface area contributed by atoms with E-state index in [2.05, 4.69) is 20.1 Å². The molecule has 6 nitrogen and oxygen atoms in total. The minimum atomic E-state index is 0.446. The molecule has 0 saturated carbocycles. The second-order valence-electron chi connectivity index (χ2n) is 3.52. The summed E-state index contributed by atoms with van der Waals surface area (Å²) in [7, 11) is 0. The molecule has 3 rings (SSSR count). The van der Waals surface area contributed by atoms with E-state index in [1.165, 1.54) is 0 Å². The Balaban J connectivity index is 2.18. The fourth-order valence-electron chi connectivity index (χ4n) is 1.51. The number of aromatic nitrogens is 4. The van der Waals surface area contributed by atoms with Crippen LogP contribution in [0.1, 0.15) is 5.76 Å². The van der Waals surface area contributed by atoms with Gasteiger partial charge in [-0.1, -0.05) is 5.16 Å². The van der Waals surface area contributed by atoms with Crippen LogP contribution in [0, 0.1) is 6.92 Å². The highest BCUT2D eigenvalue weighted by molar-refractivity contribution is 5.76. The van der Waals surface area contributed by atoms with Gasteiger partial charge in [0.05, 0.1) is 5.52 Å². The van der Waals surface area contributed by atoms with Gasteiger partial charge < -0.3 is 15.2 Å². The Morgan fingerprint density at radius 2 is 2.19 bits per heavy atom. The summed E-state index contributed by atoms with van der Waals surface area (Å²) in [6.45, 7) is 1.83. The maximum Gasteiger partial charge on any atom is 0.180 e. The van der Waals surface area contributed by atoms with Crippen LogP contribution in [-0.2, 0) is 0 Å². The lowest BCUT2D eigenvalue weighted by molar-refractivity contribution is 0.399. The first-order chi connectivity index (χ1) is 7.72. The second kappa shape index (κ2) is 3.06. The van der Waals surface area contributed by atoms with Crippen LogP contribution >= 0.6 is 0 Å². The Morgan fingerprint density at radius 3 is 2.94 bits per heavy atom. The number of nitrogen functional groups attached to an aromatic ring is 1. The number of nitrogens with one attached hydrogen (secondary N) is 1. The predicted molar refractivity (Wildman–Crippen MR) is 58.5 cm³/mol. The van der Waals surface area contributed by atoms with E-state index in [0.717, 1.165) is 11.3 Å². The minimum Gasteiger partial charge on any atom is -0.384 e. The lowest BCUT2D eigenvalue weighted by Crippen LogP contribution is -1.88. The number of anilines is 1. The van der Waals surface area contributed by atoms with E-state index in [1.54, 1.807) is 12.1 Å². The van der Waals surface area contributed by atoms with Crippen molar-refractivity contribution in [2.75, 3.05) is 5.73 Å². The summed E-state index contributed by atoms with van der Waals surface area (Å²) in [5, 5.41) is 3.88. The van der Waals surface area contributed by atoms with E-state index < -0.39 is 0 Å². The molecule has 3 aromatic heterocycles. The Morgan fingerprint density at radius 1 is 1.31 bits per heavy atom. The van der Waals surface area contributed by atoms with Gasteiger partial charge in [0, 0.05) is 6.07 Å². The van der Waals surface area contributed by atoms with Crippen molar-refractivity contribution in [3.05, 3.63) is 24.0 Å². The smallest absolute Gasteiger partial charge is 0.180 e. The van der Waals surface area contributed by atoms with E-state index in [4.69, 9.17) is 10.3 Å². The van der Waals surface area contributed by atoms with Crippen LogP contribution in [0.15, 0.2) is 22.7 Å². The van der Waals surface area contributed by atoms with E-state index >= 15 is 0 Å². The molecule has 16 heavy (non-hydrogen) atoms. The van der Waals surface area contributed by atoms with Gasteiger partial charge in [-0.25, -0.2) is 9.97 Å². The van der Waals surface area contributed by atoms with Crippen molar-refractivity contribution in [2.45, 2.75) is 6.92 Å². The molecule has 0 saturated heterocycles. The standard InChI is InChI=1S/C10H9N5O/c1-5-4-7(15-16-5)10-12-6-2-3-8(11)13-9(6)14-10/h2-4H,1H3,(H3,11,12,13,14). The highest BCUT2D eigenvalue weighted by Gasteiger charge is 2.09. The third-order valence-electron chi connectivity index (χ3n) is 2.24. The average molecular weight is 215 g/mol. The number of rotatable bonds is 1. The summed E-state index contributed by atoms with van der Waals surface area (Å²) in [5.74, 6) is 1.81. The van der Waals surface area contributed by atoms with Crippen LogP contribution in [0.3, 0.4) is 0 Å². The van der Waals surface area contributed by atoms with Gasteiger partial charge in [0.15, 0.2) is 11.5 Å². The first-order valence-electron chi connectivity index (χ1n) is 4.78. The molecule has 0 radical (unpaired) electrons. The van der Waals surface area contributed by atoms with Gasteiger partial charge in [0.1, 0.15) is 17.3 Å². The molecule has 0 aliphatic carbocycles. The van der Waals surface area contributed by atoms with Crippen molar-refractivity contribution >= 4 is 17.0 Å². The quantitative estimate of drug-likeness (QED) is 0.641. The largest absolute Gasteiger partial charge is 0.384 e. The van der Waals surface area contributed by atoms with Crippen LogP contribution < -0.4 is 5.73 Å². The van der Waals surface area contributed by atoms with Crippen molar-refractivity contribution in [3.8, 4) is 11.5 Å². The summed E-state index contributed by atoms with van der Waals surface area (Å²) in [4.78, 5) is 11.5. The zero-order valence-electron chi connectivity index (χ0n) is 8.56. The van der Waals surface area contributed by atoms with Gasteiger partial charge in [-0.05, 0) is 19.1 Å². The molecular weight excluding hydrogens is 206 g/mol. The van der Waals surface area contributed by atoms with Crippen molar-refractivity contribution in [1.82, 2.24) is 20.1 Å². The van der Waals surface area contributed by atoms with Crippen molar-refractivity contribution in [1.29, 1.82) is 0 Å². The molecule has 80 valence electrons. The van der Waals surface area contributed by atoms with Gasteiger partial charge in [-0.2, -0.15) is 0 Å². The first-order valence-corrected chi connectivity index (χ1v) is 4.78. The van der Waals surface area contributed by atoms with Crippen LogP contribution in [0.5, 0.6) is 0 Å². The summed E-state index contributed by atoms with van der Waals surface area (Å²) in [6, 6.07) is 5.36. The highest BCUT2D eigenvalue weighted by Crippen LogP contribution is 2.19. The molecule has 6 heteroatoms. The molecule has 0 unspecified atom stereocenters. The summed E-state index contributed by atoms with van der Waals surface area (Å²) in [5.41, 5.74) is 7.64. The molecule has 0 atom stereocenters. The Kier molecular flexibility index (Phi) is 1.70. The molecule has 3 N–H and O–H groups in total. The molecule has 3 aromatic rings. The van der Waals surface area contributed by atoms with Gasteiger partial charge in [0.2, 0.25) is 0 Å². The number of fused-ring (bicyclic) bond motifs is 1. The molecule has 3 heterocycles. The number of aryl methyl sites for hydroxylation is 1. The zero-order valence-corrected chi connectivity index (χ0v) is 8.56. The molecule has 0 amide bonds. The SMILES string of the molecule is Cc1cc(-c2nc3nc(N)ccc3[nH]2)no1. The molecule has 0 spiro atoms. The molecule has 0 fully saturated rings. The molecule has 0 aliphatic rings. The van der Waals surface area contributed by atoms with Gasteiger partial charge in [-0.15, -0.1) is 0 Å². The molecule has 0 bridgehead atoms. The van der Waals surface area contributed by atoms with Crippen molar-refractivity contribution < 1.29 is 4.52 Å². The molecule has 0 aromatic carbocycles. The fourth-order valence-corrected chi connectivity index (χ4v) is 1.51. The number of aromatic amines is 1. The van der Waals surface area contributed by atoms with Crippen LogP contribution in [-0.4, -0.2) is 20.1 Å². The number of hydrogen-bond donors (Lipinski definition) is 2. The second-order valence-corrected chi connectivity index (χ2v) is 3.52. The topological polar surface area (TPSA) is 93.6 Å². The van der Waals surface area contributed by atoms with E-state index in [-0.39, 0.29) is 0 Å². The number of H-pyrrole nitrogens is 1. The lowest BCUT2D eigenvalue weighted by Gasteiger charge is -1.88. The number of pyridine rings is 1. The number of imidazole rings is 1. The maximum absolute atomic E-state index is 5.58. The number of nitrogens with zero attached hydrogens (tertiary/aromatic N) is 3. The summed E-state index contributed by atoms with van der Waals surface area (Å²) >= 11 is 0. The third-order valence-corrected chi connectivity index (χ3v) is 2.24. The van der Waals surface area contributed by atoms with Gasteiger partial charge >= 0.3 is 0 Å². The predicted octanol–water partition coefficient (Wildman–Crippen LogP) is 1.50. The normalized spacial score (nSPS) is 11.1. The maximum atomic E-state index is 5.58. The van der Waals surface area contributed by atoms with Crippen LogP contribution in [0.4, 0.5) is 5.82 Å². The molecule has 0 aliphatic heterocycles. The highest BCUT2D eigenvalue weighted by atomic mass is 16.5. The van der Waals surface area contributed by atoms with E-state index in [9.17, 15) is 0 Å². The fraction of sp³-hybridized carbons (Fsp3) is 0.100. The summed E-state index contributed by atoms with van der Waals surface area (Å²) < 4.78 is 4.98. The number of nitrogens with two attached hydrogens (primary N) is 1. The van der Waals surface area contributed by atoms with Crippen molar-refractivity contribution in [3.63, 3.8) is 0 Å². The van der Waals surface area contributed by atoms with E-state index in [0.29, 0.717) is 23.0 Å².